The molecule has 1 heterocycles. The van der Waals surface area contributed by atoms with Crippen LogP contribution in [0.3, 0.4) is 0 Å². The summed E-state index contributed by atoms with van der Waals surface area (Å²) in [4.78, 5) is 37.1. The van der Waals surface area contributed by atoms with Gasteiger partial charge in [0.25, 0.3) is 0 Å². The number of hydrogen-bond donors (Lipinski definition) is 5. The topological polar surface area (TPSA) is 162 Å². The SMILES string of the molecule is C.C=C1C[C@]23C[C@@]1(O)CC[C@H]2[C@@]12C=C[C@H](O)[C@@](C)(C(=O)O1)[C@H]2[C@@H]3C(=O)O.C=C1C[C@]23C[C@@]1(O)CC[C@H]2c1cccc(C)c1[C@@H]3C(=O)O. The van der Waals surface area contributed by atoms with E-state index in [1.807, 2.05) is 19.1 Å². The fourth-order valence-electron chi connectivity index (χ4n) is 12.5. The predicted octanol–water partition coefficient (Wildman–Crippen LogP) is 4.78. The van der Waals surface area contributed by atoms with Gasteiger partial charge in [0.15, 0.2) is 0 Å². The number of aliphatic carboxylic acids is 2. The van der Waals surface area contributed by atoms with E-state index in [-0.39, 0.29) is 24.7 Å². The van der Waals surface area contributed by atoms with E-state index < -0.39 is 69.4 Å². The van der Waals surface area contributed by atoms with Crippen molar-refractivity contribution in [3.05, 3.63) is 71.3 Å². The number of rotatable bonds is 2. The van der Waals surface area contributed by atoms with E-state index in [4.69, 9.17) is 4.74 Å². The molecule has 9 rings (SSSR count). The van der Waals surface area contributed by atoms with Gasteiger partial charge in [-0.05, 0) is 110 Å². The van der Waals surface area contributed by atoms with Crippen LogP contribution in [-0.2, 0) is 19.1 Å². The van der Waals surface area contributed by atoms with Crippen LogP contribution in [-0.4, -0.2) is 66.3 Å². The molecule has 2 spiro atoms. The van der Waals surface area contributed by atoms with Crippen LogP contribution in [0.5, 0.6) is 0 Å². The van der Waals surface area contributed by atoms with Gasteiger partial charge in [0.2, 0.25) is 0 Å². The Balaban J connectivity index is 0.000000148. The Morgan fingerprint density at radius 1 is 0.957 bits per heavy atom. The molecule has 252 valence electrons. The van der Waals surface area contributed by atoms with Gasteiger partial charge in [0, 0.05) is 17.3 Å². The summed E-state index contributed by atoms with van der Waals surface area (Å²) < 4.78 is 5.87. The van der Waals surface area contributed by atoms with Crippen molar-refractivity contribution >= 4 is 17.9 Å². The Bertz CT molecular complexity index is 1690. The molecule has 9 nitrogen and oxygen atoms in total. The minimum atomic E-state index is -1.27. The lowest BCUT2D eigenvalue weighted by Gasteiger charge is -2.44. The van der Waals surface area contributed by atoms with Gasteiger partial charge >= 0.3 is 17.9 Å². The van der Waals surface area contributed by atoms with Gasteiger partial charge in [-0.1, -0.05) is 44.9 Å². The fraction of sp³-hybridized carbons (Fsp3) is 0.605. The van der Waals surface area contributed by atoms with Crippen LogP contribution < -0.4 is 0 Å². The average Bonchev–Trinajstić information content (AvgIpc) is 3.59. The van der Waals surface area contributed by atoms with Gasteiger partial charge in [-0.2, -0.15) is 0 Å². The molecular weight excluding hydrogens is 600 g/mol. The second-order valence-electron chi connectivity index (χ2n) is 16.1. The highest BCUT2D eigenvalue weighted by atomic mass is 16.6. The van der Waals surface area contributed by atoms with Crippen LogP contribution in [0.4, 0.5) is 0 Å². The maximum Gasteiger partial charge on any atom is 0.316 e. The van der Waals surface area contributed by atoms with E-state index >= 15 is 0 Å². The predicted molar refractivity (Wildman–Crippen MR) is 171 cm³/mol. The van der Waals surface area contributed by atoms with Crippen molar-refractivity contribution in [3.63, 3.8) is 0 Å². The number of carbonyl (C=O) groups is 3. The number of hydrogen-bond acceptors (Lipinski definition) is 7. The molecule has 1 aromatic carbocycles. The smallest absolute Gasteiger partial charge is 0.316 e. The van der Waals surface area contributed by atoms with E-state index in [9.17, 15) is 39.9 Å². The molecule has 1 aliphatic heterocycles. The van der Waals surface area contributed by atoms with Crippen molar-refractivity contribution in [2.45, 2.75) is 107 Å². The quantitative estimate of drug-likeness (QED) is 0.225. The molecule has 7 aliphatic carbocycles. The number of carboxylic acid groups (broad SMARTS) is 2. The summed E-state index contributed by atoms with van der Waals surface area (Å²) in [6.07, 6.45) is 6.87. The van der Waals surface area contributed by atoms with Crippen molar-refractivity contribution in [2.75, 3.05) is 0 Å². The Morgan fingerprint density at radius 3 is 2.21 bits per heavy atom. The molecule has 8 aliphatic rings. The lowest BCUT2D eigenvalue weighted by Crippen LogP contribution is -2.50. The molecule has 6 bridgehead atoms. The van der Waals surface area contributed by atoms with Gasteiger partial charge < -0.3 is 30.3 Å². The molecule has 0 aromatic heterocycles. The molecule has 5 saturated carbocycles. The van der Waals surface area contributed by atoms with Crippen LogP contribution in [0.15, 0.2) is 54.7 Å². The van der Waals surface area contributed by atoms with E-state index in [1.165, 1.54) is 5.56 Å². The molecule has 0 radical (unpaired) electrons. The summed E-state index contributed by atoms with van der Waals surface area (Å²) in [6.45, 7) is 11.7. The zero-order valence-corrected chi connectivity index (χ0v) is 26.3. The third-order valence-electron chi connectivity index (χ3n) is 14.3. The van der Waals surface area contributed by atoms with Crippen LogP contribution >= 0.6 is 0 Å². The van der Waals surface area contributed by atoms with Gasteiger partial charge in [-0.3, -0.25) is 14.4 Å². The van der Waals surface area contributed by atoms with Gasteiger partial charge in [-0.25, -0.2) is 0 Å². The normalized spacial score (nSPS) is 48.7. The van der Waals surface area contributed by atoms with Crippen molar-refractivity contribution in [3.8, 4) is 0 Å². The summed E-state index contributed by atoms with van der Waals surface area (Å²) in [7, 11) is 0. The highest BCUT2D eigenvalue weighted by Gasteiger charge is 2.83. The Kier molecular flexibility index (Phi) is 6.49. The number of carbonyl (C=O) groups excluding carboxylic acids is 1. The number of ether oxygens (including phenoxy) is 1. The third-order valence-corrected chi connectivity index (χ3v) is 14.3. The number of aliphatic hydroxyl groups excluding tert-OH is 1. The van der Waals surface area contributed by atoms with E-state index in [1.54, 1.807) is 19.1 Å². The summed E-state index contributed by atoms with van der Waals surface area (Å²) in [5.41, 5.74) is -0.429. The van der Waals surface area contributed by atoms with Crippen LogP contribution in [0.25, 0.3) is 0 Å². The van der Waals surface area contributed by atoms with E-state index in [0.717, 1.165) is 23.1 Å². The zero-order valence-electron chi connectivity index (χ0n) is 26.3. The number of aryl methyl sites for hydroxylation is 1. The Hall–Kier alpha value is -3.27. The van der Waals surface area contributed by atoms with Crippen molar-refractivity contribution in [1.82, 2.24) is 0 Å². The minimum Gasteiger partial charge on any atom is -0.481 e. The molecule has 9 heteroatoms. The molecule has 47 heavy (non-hydrogen) atoms. The maximum atomic E-state index is 12.7. The molecule has 1 aromatic rings. The first-order valence-electron chi connectivity index (χ1n) is 16.5. The highest BCUT2D eigenvalue weighted by molar-refractivity contribution is 5.86. The molecule has 1 saturated heterocycles. The van der Waals surface area contributed by atoms with Crippen LogP contribution in [0.1, 0.15) is 94.2 Å². The van der Waals surface area contributed by atoms with Crippen LogP contribution in [0, 0.1) is 40.9 Å². The highest BCUT2D eigenvalue weighted by Crippen LogP contribution is 2.77. The Labute approximate surface area is 275 Å². The number of benzene rings is 1. The number of carboxylic acids is 2. The third kappa shape index (κ3) is 3.53. The molecule has 5 N–H and O–H groups in total. The first kappa shape index (κ1) is 32.3. The lowest BCUT2D eigenvalue weighted by molar-refractivity contribution is -0.163. The van der Waals surface area contributed by atoms with Gasteiger partial charge in [0.05, 0.1) is 29.1 Å². The maximum absolute atomic E-state index is 12.7. The standard InChI is InChI=1S/C19H22O6.C18H20O3.CH4/c1-9-7-17-8-18(9,24)5-3-10(17)19-6-4-11(20)16(2,15(23)25-19)13(19)12(17)14(21)22;1-10-4-3-5-12-13-6-7-18(21)9-17(13,8-11(18)2)15(14(10)12)16(19)20;/h4,6,10-13,20,24H,1,3,5,7-8H2,2H3,(H,21,22);3-5,13,15,21H,2,6-9H2,1H3,(H,19,20);1H4/t10-,11+,12-,13-,16-,17+,18+,19-;13-,15+,17-,18-;/m10./s1. The van der Waals surface area contributed by atoms with Gasteiger partial charge in [-0.15, -0.1) is 0 Å². The second-order valence-corrected chi connectivity index (χ2v) is 16.1. The largest absolute Gasteiger partial charge is 0.481 e. The first-order valence-corrected chi connectivity index (χ1v) is 16.5. The number of fused-ring (bicyclic) bond motifs is 4. The summed E-state index contributed by atoms with van der Waals surface area (Å²) in [6, 6.07) is 6.11. The summed E-state index contributed by atoms with van der Waals surface area (Å²) in [5.74, 6) is -4.20. The molecular formula is C38H46O9. The van der Waals surface area contributed by atoms with Gasteiger partial charge in [0.1, 0.15) is 11.0 Å². The van der Waals surface area contributed by atoms with Crippen molar-refractivity contribution < 1.29 is 44.7 Å². The van der Waals surface area contributed by atoms with E-state index in [0.29, 0.717) is 50.5 Å². The van der Waals surface area contributed by atoms with Crippen molar-refractivity contribution in [2.24, 2.45) is 34.0 Å². The zero-order chi connectivity index (χ0) is 33.0. The number of aliphatic hydroxyl groups is 3. The van der Waals surface area contributed by atoms with E-state index in [2.05, 4.69) is 19.2 Å². The molecule has 6 fully saturated rings. The molecule has 0 unspecified atom stereocenters. The molecule has 0 amide bonds. The van der Waals surface area contributed by atoms with Crippen molar-refractivity contribution in [1.29, 1.82) is 0 Å². The summed E-state index contributed by atoms with van der Waals surface area (Å²) in [5, 5.41) is 52.3. The summed E-state index contributed by atoms with van der Waals surface area (Å²) >= 11 is 0. The molecule has 12 atom stereocenters. The lowest BCUT2D eigenvalue weighted by atomic mass is 9.61. The second kappa shape index (κ2) is 9.45. The first-order chi connectivity index (χ1) is 21.5. The minimum absolute atomic E-state index is 0. The van der Waals surface area contributed by atoms with Crippen LogP contribution in [0.2, 0.25) is 0 Å². The Morgan fingerprint density at radius 2 is 1.57 bits per heavy atom. The number of esters is 1. The fourth-order valence-corrected chi connectivity index (χ4v) is 12.5. The monoisotopic (exact) mass is 646 g/mol. The average molecular weight is 647 g/mol.